The van der Waals surface area contributed by atoms with Crippen LogP contribution in [0, 0.1) is 0 Å². The summed E-state index contributed by atoms with van der Waals surface area (Å²) in [6, 6.07) is 12.0. The number of rotatable bonds is 2. The zero-order chi connectivity index (χ0) is 14.8. The highest BCUT2D eigenvalue weighted by Crippen LogP contribution is 2.23. The first-order valence-corrected chi connectivity index (χ1v) is 6.99. The molecule has 3 aromatic rings. The lowest BCUT2D eigenvalue weighted by Gasteiger charge is -2.00. The fourth-order valence-electron chi connectivity index (χ4n) is 1.92. The van der Waals surface area contributed by atoms with Gasteiger partial charge in [0.25, 0.3) is 5.56 Å². The van der Waals surface area contributed by atoms with E-state index in [1.54, 1.807) is 54.6 Å². The molecule has 1 aromatic heterocycles. The minimum absolute atomic E-state index is 0.137. The second-order valence-corrected chi connectivity index (χ2v) is 5.31. The molecule has 2 aromatic carbocycles. The zero-order valence-corrected chi connectivity index (χ0v) is 12.4. The molecule has 0 atom stereocenters. The maximum absolute atomic E-state index is 11.9. The van der Waals surface area contributed by atoms with Crippen LogP contribution in [0.25, 0.3) is 23.1 Å². The van der Waals surface area contributed by atoms with Crippen molar-refractivity contribution < 1.29 is 9.52 Å². The number of hydrogen-bond donors (Lipinski definition) is 1. The van der Waals surface area contributed by atoms with Gasteiger partial charge >= 0.3 is 0 Å². The summed E-state index contributed by atoms with van der Waals surface area (Å²) in [6.07, 6.45) is 3.19. The first-order valence-electron chi connectivity index (χ1n) is 6.20. The Labute approximate surface area is 128 Å². The van der Waals surface area contributed by atoms with E-state index < -0.39 is 0 Å². The Kier molecular flexibility index (Phi) is 3.58. The summed E-state index contributed by atoms with van der Waals surface area (Å²) < 4.78 is 6.38. The standard InChI is InChI=1S/C16H10BrNO3/c17-11-6-7-13(19)10(9-11)5-8-15-18-16(20)12-3-1-2-4-14(12)21-15/h1-9,19H/b8-5+. The predicted molar refractivity (Wildman–Crippen MR) is 85.0 cm³/mol. The molecule has 0 aliphatic carbocycles. The third kappa shape index (κ3) is 2.87. The zero-order valence-electron chi connectivity index (χ0n) is 10.8. The van der Waals surface area contributed by atoms with Gasteiger partial charge < -0.3 is 9.52 Å². The van der Waals surface area contributed by atoms with E-state index in [4.69, 9.17) is 4.42 Å². The normalized spacial score (nSPS) is 11.3. The summed E-state index contributed by atoms with van der Waals surface area (Å²) in [6.45, 7) is 0. The molecule has 0 spiro atoms. The van der Waals surface area contributed by atoms with Crippen molar-refractivity contribution in [1.82, 2.24) is 4.98 Å². The van der Waals surface area contributed by atoms with Crippen LogP contribution in [0.5, 0.6) is 5.75 Å². The molecule has 0 bridgehead atoms. The van der Waals surface area contributed by atoms with E-state index in [2.05, 4.69) is 20.9 Å². The van der Waals surface area contributed by atoms with E-state index in [0.717, 1.165) is 4.47 Å². The highest BCUT2D eigenvalue weighted by molar-refractivity contribution is 9.10. The molecule has 0 aliphatic heterocycles. The number of fused-ring (bicyclic) bond motifs is 1. The molecule has 4 nitrogen and oxygen atoms in total. The van der Waals surface area contributed by atoms with Crippen LogP contribution in [0.4, 0.5) is 0 Å². The number of aromatic hydroxyl groups is 1. The fourth-order valence-corrected chi connectivity index (χ4v) is 2.30. The predicted octanol–water partition coefficient (Wildman–Crippen LogP) is 3.83. The number of halogens is 1. The van der Waals surface area contributed by atoms with E-state index in [0.29, 0.717) is 16.5 Å². The second-order valence-electron chi connectivity index (χ2n) is 4.39. The largest absolute Gasteiger partial charge is 0.507 e. The van der Waals surface area contributed by atoms with Gasteiger partial charge in [-0.1, -0.05) is 28.1 Å². The van der Waals surface area contributed by atoms with Crippen molar-refractivity contribution in [2.75, 3.05) is 0 Å². The van der Waals surface area contributed by atoms with Crippen molar-refractivity contribution >= 4 is 39.1 Å². The molecule has 1 N–H and O–H groups in total. The van der Waals surface area contributed by atoms with E-state index in [1.807, 2.05) is 0 Å². The molecular formula is C16H10BrNO3. The Bertz CT molecular complexity index is 899. The smallest absolute Gasteiger partial charge is 0.284 e. The number of nitrogens with zero attached hydrogens (tertiary/aromatic N) is 1. The molecule has 0 aliphatic rings. The summed E-state index contributed by atoms with van der Waals surface area (Å²) in [5.41, 5.74) is 0.743. The van der Waals surface area contributed by atoms with Crippen molar-refractivity contribution in [2.24, 2.45) is 0 Å². The highest BCUT2D eigenvalue weighted by atomic mass is 79.9. The van der Waals surface area contributed by atoms with Crippen LogP contribution in [0.1, 0.15) is 11.5 Å². The maximum atomic E-state index is 11.9. The van der Waals surface area contributed by atoms with Crippen LogP contribution in [-0.4, -0.2) is 10.1 Å². The van der Waals surface area contributed by atoms with Crippen LogP contribution in [-0.2, 0) is 0 Å². The van der Waals surface area contributed by atoms with Crippen LogP contribution in [0.3, 0.4) is 0 Å². The summed E-state index contributed by atoms with van der Waals surface area (Å²) in [7, 11) is 0. The van der Waals surface area contributed by atoms with E-state index in [1.165, 1.54) is 0 Å². The van der Waals surface area contributed by atoms with Crippen LogP contribution in [0.15, 0.2) is 56.1 Å². The lowest BCUT2D eigenvalue weighted by atomic mass is 10.2. The monoisotopic (exact) mass is 343 g/mol. The van der Waals surface area contributed by atoms with E-state index in [9.17, 15) is 9.90 Å². The topological polar surface area (TPSA) is 63.3 Å². The van der Waals surface area contributed by atoms with Gasteiger partial charge in [0.1, 0.15) is 11.3 Å². The minimum Gasteiger partial charge on any atom is -0.507 e. The Hall–Kier alpha value is -2.40. The molecular weight excluding hydrogens is 334 g/mol. The molecule has 0 saturated carbocycles. The fraction of sp³-hybridized carbons (Fsp3) is 0. The maximum Gasteiger partial charge on any atom is 0.284 e. The average Bonchev–Trinajstić information content (AvgIpc) is 2.48. The summed E-state index contributed by atoms with van der Waals surface area (Å²) in [5, 5.41) is 10.2. The van der Waals surface area contributed by atoms with Crippen molar-refractivity contribution in [1.29, 1.82) is 0 Å². The Morgan fingerprint density at radius 3 is 2.81 bits per heavy atom. The molecule has 0 unspecified atom stereocenters. The van der Waals surface area contributed by atoms with Crippen molar-refractivity contribution in [3.63, 3.8) is 0 Å². The van der Waals surface area contributed by atoms with Crippen LogP contribution >= 0.6 is 15.9 Å². The van der Waals surface area contributed by atoms with E-state index in [-0.39, 0.29) is 17.2 Å². The number of para-hydroxylation sites is 1. The molecule has 5 heteroatoms. The Morgan fingerprint density at radius 2 is 1.95 bits per heavy atom. The molecule has 0 radical (unpaired) electrons. The lowest BCUT2D eigenvalue weighted by Crippen LogP contribution is -2.06. The van der Waals surface area contributed by atoms with E-state index >= 15 is 0 Å². The molecule has 0 saturated heterocycles. The first kappa shape index (κ1) is 13.6. The number of phenolic OH excluding ortho intramolecular Hbond substituents is 1. The van der Waals surface area contributed by atoms with Crippen molar-refractivity contribution in [3.8, 4) is 5.75 Å². The van der Waals surface area contributed by atoms with Crippen LogP contribution < -0.4 is 5.56 Å². The second kappa shape index (κ2) is 5.54. The highest BCUT2D eigenvalue weighted by Gasteiger charge is 2.04. The molecule has 0 amide bonds. The van der Waals surface area contributed by atoms with Gasteiger partial charge in [0.05, 0.1) is 5.39 Å². The average molecular weight is 344 g/mol. The molecule has 3 rings (SSSR count). The quantitative estimate of drug-likeness (QED) is 0.768. The van der Waals surface area contributed by atoms with Crippen molar-refractivity contribution in [3.05, 3.63) is 68.7 Å². The van der Waals surface area contributed by atoms with Gasteiger partial charge in [0.2, 0.25) is 5.89 Å². The van der Waals surface area contributed by atoms with Gasteiger partial charge in [-0.15, -0.1) is 0 Å². The Morgan fingerprint density at radius 1 is 1.14 bits per heavy atom. The van der Waals surface area contributed by atoms with Gasteiger partial charge in [0, 0.05) is 16.1 Å². The number of hydrogen-bond acceptors (Lipinski definition) is 4. The third-order valence-electron chi connectivity index (χ3n) is 2.94. The lowest BCUT2D eigenvalue weighted by molar-refractivity contribution is 0.474. The number of phenols is 1. The molecule has 21 heavy (non-hydrogen) atoms. The van der Waals surface area contributed by atoms with Gasteiger partial charge in [-0.25, -0.2) is 0 Å². The first-order chi connectivity index (χ1) is 10.1. The van der Waals surface area contributed by atoms with Crippen molar-refractivity contribution in [2.45, 2.75) is 0 Å². The number of benzene rings is 2. The molecule has 1 heterocycles. The molecule has 104 valence electrons. The summed E-state index contributed by atoms with van der Waals surface area (Å²) in [4.78, 5) is 15.7. The number of aromatic nitrogens is 1. The van der Waals surface area contributed by atoms with Gasteiger partial charge in [0.15, 0.2) is 0 Å². The van der Waals surface area contributed by atoms with Gasteiger partial charge in [-0.05, 0) is 36.4 Å². The third-order valence-corrected chi connectivity index (χ3v) is 3.43. The van der Waals surface area contributed by atoms with Gasteiger partial charge in [-0.2, -0.15) is 4.98 Å². The SMILES string of the molecule is O=c1nc(/C=C/c2cc(Br)ccc2O)oc2ccccc12. The summed E-state index contributed by atoms with van der Waals surface area (Å²) >= 11 is 3.33. The van der Waals surface area contributed by atoms with Crippen LogP contribution in [0.2, 0.25) is 0 Å². The molecule has 0 fully saturated rings. The summed E-state index contributed by atoms with van der Waals surface area (Å²) in [5.74, 6) is 0.329. The minimum atomic E-state index is -0.338. The van der Waals surface area contributed by atoms with Gasteiger partial charge in [-0.3, -0.25) is 4.79 Å². The Balaban J connectivity index is 2.03.